The minimum absolute atomic E-state index is 1.40. The first-order chi connectivity index (χ1) is 21.6. The SMILES string of the molecule is CCCCCC[CH2][Ge]([CH2]CCCCCC)([CH2]CCCCCC)[Ge]([CH2]CCCCCC)([CH2]CCCCCC)[CH2]CCCCCC. The molecular weight excluding hydrogens is 650 g/mol. The second-order valence-corrected chi connectivity index (χ2v) is 55.7. The van der Waals surface area contributed by atoms with Gasteiger partial charge in [0.2, 0.25) is 0 Å². The molecule has 44 heavy (non-hydrogen) atoms. The Kier molecular flexibility index (Phi) is 34.8. The molecule has 0 spiro atoms. The van der Waals surface area contributed by atoms with Crippen molar-refractivity contribution in [3.8, 4) is 0 Å². The van der Waals surface area contributed by atoms with Crippen LogP contribution in [0.15, 0.2) is 0 Å². The van der Waals surface area contributed by atoms with Gasteiger partial charge in [-0.2, -0.15) is 0 Å². The number of unbranched alkanes of at least 4 members (excludes halogenated alkanes) is 24. The van der Waals surface area contributed by atoms with Gasteiger partial charge in [-0.1, -0.05) is 0 Å². The Labute approximate surface area is 286 Å². The molecule has 0 aliphatic carbocycles. The van der Waals surface area contributed by atoms with Crippen LogP contribution in [0.25, 0.3) is 0 Å². The van der Waals surface area contributed by atoms with Crippen LogP contribution in [0.2, 0.25) is 31.5 Å². The normalized spacial score (nSPS) is 12.4. The second kappa shape index (κ2) is 34.0. The monoisotopic (exact) mass is 743 g/mol. The van der Waals surface area contributed by atoms with Crippen LogP contribution in [-0.2, 0) is 0 Å². The van der Waals surface area contributed by atoms with Crippen LogP contribution < -0.4 is 0 Å². The third-order valence-electron chi connectivity index (χ3n) is 11.7. The molecular formula is C42H90Ge2. The molecule has 0 unspecified atom stereocenters. The molecule has 0 fully saturated rings. The fourth-order valence-electron chi connectivity index (χ4n) is 8.74. The first-order valence-corrected chi connectivity index (χ1v) is 37.0. The Morgan fingerprint density at radius 2 is 0.318 bits per heavy atom. The van der Waals surface area contributed by atoms with Gasteiger partial charge in [-0.25, -0.2) is 0 Å². The molecule has 0 aromatic carbocycles. The Morgan fingerprint density at radius 3 is 0.455 bits per heavy atom. The van der Waals surface area contributed by atoms with Gasteiger partial charge >= 0.3 is 288 Å². The van der Waals surface area contributed by atoms with Crippen LogP contribution in [0.1, 0.15) is 234 Å². The third-order valence-corrected chi connectivity index (χ3v) is 73.8. The zero-order valence-electron chi connectivity index (χ0n) is 32.5. The van der Waals surface area contributed by atoms with Gasteiger partial charge in [0.25, 0.3) is 0 Å². The van der Waals surface area contributed by atoms with Crippen LogP contribution >= 0.6 is 0 Å². The molecule has 0 radical (unpaired) electrons. The molecule has 0 aromatic heterocycles. The van der Waals surface area contributed by atoms with Gasteiger partial charge in [-0.3, -0.25) is 0 Å². The van der Waals surface area contributed by atoms with Gasteiger partial charge < -0.3 is 0 Å². The predicted molar refractivity (Wildman–Crippen MR) is 213 cm³/mol. The van der Waals surface area contributed by atoms with E-state index < -0.39 is 22.6 Å². The standard InChI is InChI=1S/C42H90Ge2/c1-7-13-19-25-31-37-43(38-32-26-20-14-8-2,39-33-27-21-15-9-3)44(40-34-28-22-16-10-4,41-35-29-23-17-11-5)42-36-30-24-18-12-6/h7-42H2,1-6H3. The predicted octanol–water partition coefficient (Wildman–Crippen LogP) is 16.8. The maximum absolute atomic E-state index is 2.41. The zero-order valence-corrected chi connectivity index (χ0v) is 36.7. The van der Waals surface area contributed by atoms with Gasteiger partial charge in [0.15, 0.2) is 0 Å². The molecule has 0 heterocycles. The van der Waals surface area contributed by atoms with E-state index in [-0.39, 0.29) is 0 Å². The molecule has 0 saturated carbocycles. The molecule has 0 N–H and O–H groups in total. The number of rotatable bonds is 37. The Hall–Kier alpha value is 1.09. The summed E-state index contributed by atoms with van der Waals surface area (Å²) in [7, 11) is 0. The molecule has 2 heteroatoms. The van der Waals surface area contributed by atoms with Crippen LogP contribution in [-0.4, -0.2) is 22.6 Å². The van der Waals surface area contributed by atoms with E-state index in [1.54, 1.807) is 77.0 Å². The summed E-state index contributed by atoms with van der Waals surface area (Å²) < 4.78 is 0. The molecule has 0 nitrogen and oxygen atoms in total. The quantitative estimate of drug-likeness (QED) is 0.0440. The molecule has 0 amide bonds. The maximum atomic E-state index is 2.41. The van der Waals surface area contributed by atoms with Gasteiger partial charge in [0.05, 0.1) is 0 Å². The zero-order chi connectivity index (χ0) is 32.5. The fourth-order valence-corrected chi connectivity index (χ4v) is 76.5. The Bertz CT molecular complexity index is 424. The van der Waals surface area contributed by atoms with E-state index in [9.17, 15) is 0 Å². The van der Waals surface area contributed by atoms with E-state index in [4.69, 9.17) is 0 Å². The average molecular weight is 740 g/mol. The van der Waals surface area contributed by atoms with Crippen molar-refractivity contribution < 1.29 is 0 Å². The fraction of sp³-hybridized carbons (Fsp3) is 1.00. The topological polar surface area (TPSA) is 0 Å². The van der Waals surface area contributed by atoms with Crippen molar-refractivity contribution in [1.29, 1.82) is 0 Å². The van der Waals surface area contributed by atoms with E-state index in [0.717, 1.165) is 0 Å². The van der Waals surface area contributed by atoms with Crippen molar-refractivity contribution in [2.24, 2.45) is 0 Å². The number of hydrogen-bond acceptors (Lipinski definition) is 0. The molecule has 0 saturated heterocycles. The van der Waals surface area contributed by atoms with Crippen LogP contribution in [0.5, 0.6) is 0 Å². The van der Waals surface area contributed by atoms with Crippen molar-refractivity contribution >= 4 is 22.6 Å². The molecule has 0 aromatic rings. The molecule has 0 bridgehead atoms. The van der Waals surface area contributed by atoms with Crippen molar-refractivity contribution in [1.82, 2.24) is 0 Å². The summed E-state index contributed by atoms with van der Waals surface area (Å²) in [5.41, 5.74) is 0. The number of hydrogen-bond donors (Lipinski definition) is 0. The van der Waals surface area contributed by atoms with E-state index >= 15 is 0 Å². The van der Waals surface area contributed by atoms with Crippen LogP contribution in [0.3, 0.4) is 0 Å². The molecule has 0 atom stereocenters. The van der Waals surface area contributed by atoms with Gasteiger partial charge in [0.1, 0.15) is 0 Å². The average Bonchev–Trinajstić information content (AvgIpc) is 3.03. The van der Waals surface area contributed by atoms with Crippen LogP contribution in [0.4, 0.5) is 0 Å². The van der Waals surface area contributed by atoms with Crippen molar-refractivity contribution in [2.75, 3.05) is 0 Å². The summed E-state index contributed by atoms with van der Waals surface area (Å²) in [6.45, 7) is 14.4. The van der Waals surface area contributed by atoms with E-state index in [1.807, 2.05) is 31.5 Å². The summed E-state index contributed by atoms with van der Waals surface area (Å²) in [6.07, 6.45) is 45.6. The first kappa shape index (κ1) is 45.1. The molecule has 0 aliphatic rings. The molecule has 266 valence electrons. The minimum atomic E-state index is -1.99. The molecule has 0 aliphatic heterocycles. The van der Waals surface area contributed by atoms with Crippen molar-refractivity contribution in [3.63, 3.8) is 0 Å². The summed E-state index contributed by atoms with van der Waals surface area (Å²) in [6, 6.07) is 0. The summed E-state index contributed by atoms with van der Waals surface area (Å²) in [5.74, 6) is 0. The van der Waals surface area contributed by atoms with Crippen LogP contribution in [0, 0.1) is 0 Å². The first-order valence-electron chi connectivity index (χ1n) is 21.6. The van der Waals surface area contributed by atoms with E-state index in [1.165, 1.54) is 116 Å². The third kappa shape index (κ3) is 22.6. The molecule has 0 rings (SSSR count). The summed E-state index contributed by atoms with van der Waals surface area (Å²) >= 11 is -3.99. The van der Waals surface area contributed by atoms with Crippen molar-refractivity contribution in [3.05, 3.63) is 0 Å². The Balaban J connectivity index is 6.45. The van der Waals surface area contributed by atoms with Gasteiger partial charge in [-0.15, -0.1) is 0 Å². The van der Waals surface area contributed by atoms with Crippen molar-refractivity contribution in [2.45, 2.75) is 266 Å². The Morgan fingerprint density at radius 1 is 0.182 bits per heavy atom. The van der Waals surface area contributed by atoms with E-state index in [2.05, 4.69) is 41.5 Å². The van der Waals surface area contributed by atoms with Gasteiger partial charge in [-0.05, 0) is 0 Å². The summed E-state index contributed by atoms with van der Waals surface area (Å²) in [4.78, 5) is 0. The van der Waals surface area contributed by atoms with Gasteiger partial charge in [0, 0.05) is 0 Å². The van der Waals surface area contributed by atoms with E-state index in [0.29, 0.717) is 0 Å². The summed E-state index contributed by atoms with van der Waals surface area (Å²) in [5, 5.41) is 10.9. The second-order valence-electron chi connectivity index (χ2n) is 15.5.